The highest BCUT2D eigenvalue weighted by Gasteiger charge is 2.10. The van der Waals surface area contributed by atoms with Gasteiger partial charge in [-0.05, 0) is 42.8 Å². The van der Waals surface area contributed by atoms with Crippen LogP contribution in [0.2, 0.25) is 5.02 Å². The van der Waals surface area contributed by atoms with Crippen molar-refractivity contribution < 1.29 is 4.79 Å². The second-order valence-electron chi connectivity index (χ2n) is 4.21. The maximum absolute atomic E-state index is 12.1. The first kappa shape index (κ1) is 13.9. The minimum Gasteiger partial charge on any atom is -0.399 e. The first-order chi connectivity index (χ1) is 8.95. The molecule has 1 amide bonds. The van der Waals surface area contributed by atoms with Gasteiger partial charge >= 0.3 is 0 Å². The molecule has 0 aliphatic rings. The number of anilines is 2. The molecule has 0 radical (unpaired) electrons. The van der Waals surface area contributed by atoms with Gasteiger partial charge in [0.2, 0.25) is 0 Å². The Morgan fingerprint density at radius 1 is 1.26 bits per heavy atom. The largest absolute Gasteiger partial charge is 0.399 e. The third-order valence-corrected chi connectivity index (χ3v) is 3.34. The fourth-order valence-electron chi connectivity index (χ4n) is 1.67. The van der Waals surface area contributed by atoms with Crippen molar-refractivity contribution in [3.8, 4) is 0 Å². The lowest BCUT2D eigenvalue weighted by Crippen LogP contribution is -2.12. The van der Waals surface area contributed by atoms with E-state index in [1.165, 1.54) is 0 Å². The Hall–Kier alpha value is -1.52. The number of carbonyl (C=O) groups is 1. The van der Waals surface area contributed by atoms with E-state index in [4.69, 9.17) is 17.3 Å². The molecule has 5 heteroatoms. The van der Waals surface area contributed by atoms with Crippen molar-refractivity contribution in [1.82, 2.24) is 0 Å². The number of rotatable bonds is 2. The van der Waals surface area contributed by atoms with Crippen LogP contribution in [0.5, 0.6) is 0 Å². The Balaban J connectivity index is 2.28. The smallest absolute Gasteiger partial charge is 0.255 e. The van der Waals surface area contributed by atoms with Gasteiger partial charge in [0.1, 0.15) is 0 Å². The number of aryl methyl sites for hydroxylation is 1. The van der Waals surface area contributed by atoms with Crippen LogP contribution in [0, 0.1) is 6.92 Å². The predicted molar refractivity (Wildman–Crippen MR) is 82.7 cm³/mol. The van der Waals surface area contributed by atoms with Gasteiger partial charge < -0.3 is 11.1 Å². The molecule has 0 saturated carbocycles. The standard InChI is InChI=1S/C14H12BrClN2O/c1-8-2-3-12(16)13(4-8)18-14(19)9-5-10(15)7-11(17)6-9/h2-7H,17H2,1H3,(H,18,19). The summed E-state index contributed by atoms with van der Waals surface area (Å²) in [7, 11) is 0. The van der Waals surface area contributed by atoms with Crippen molar-refractivity contribution in [2.45, 2.75) is 6.92 Å². The summed E-state index contributed by atoms with van der Waals surface area (Å²) >= 11 is 9.35. The zero-order valence-electron chi connectivity index (χ0n) is 10.2. The van der Waals surface area contributed by atoms with Crippen molar-refractivity contribution in [2.75, 3.05) is 11.1 Å². The van der Waals surface area contributed by atoms with E-state index < -0.39 is 0 Å². The SMILES string of the molecule is Cc1ccc(Cl)c(NC(=O)c2cc(N)cc(Br)c2)c1. The summed E-state index contributed by atoms with van der Waals surface area (Å²) in [6.07, 6.45) is 0. The molecule has 2 rings (SSSR count). The van der Waals surface area contributed by atoms with Crippen LogP contribution in [0.3, 0.4) is 0 Å². The van der Waals surface area contributed by atoms with E-state index in [9.17, 15) is 4.79 Å². The molecule has 0 heterocycles. The maximum atomic E-state index is 12.1. The summed E-state index contributed by atoms with van der Waals surface area (Å²) < 4.78 is 0.757. The number of amides is 1. The summed E-state index contributed by atoms with van der Waals surface area (Å²) in [5.74, 6) is -0.250. The molecule has 3 nitrogen and oxygen atoms in total. The number of hydrogen-bond acceptors (Lipinski definition) is 2. The molecule has 0 aliphatic heterocycles. The number of hydrogen-bond donors (Lipinski definition) is 2. The number of nitrogen functional groups attached to an aromatic ring is 1. The molecule has 2 aromatic carbocycles. The number of benzene rings is 2. The molecule has 0 aliphatic carbocycles. The fraction of sp³-hybridized carbons (Fsp3) is 0.0714. The Morgan fingerprint density at radius 3 is 2.68 bits per heavy atom. The molecular weight excluding hydrogens is 328 g/mol. The van der Waals surface area contributed by atoms with E-state index in [1.54, 1.807) is 24.3 Å². The van der Waals surface area contributed by atoms with Crippen LogP contribution in [-0.4, -0.2) is 5.91 Å². The zero-order valence-corrected chi connectivity index (χ0v) is 12.5. The molecule has 0 saturated heterocycles. The average Bonchev–Trinajstić information content (AvgIpc) is 2.32. The molecule has 19 heavy (non-hydrogen) atoms. The van der Waals surface area contributed by atoms with Gasteiger partial charge in [0.25, 0.3) is 5.91 Å². The van der Waals surface area contributed by atoms with Gasteiger partial charge in [0.05, 0.1) is 10.7 Å². The normalized spacial score (nSPS) is 10.3. The second-order valence-corrected chi connectivity index (χ2v) is 5.53. The fourth-order valence-corrected chi connectivity index (χ4v) is 2.35. The highest BCUT2D eigenvalue weighted by Crippen LogP contribution is 2.24. The first-order valence-corrected chi connectivity index (χ1v) is 6.76. The van der Waals surface area contributed by atoms with Crippen molar-refractivity contribution >= 4 is 44.8 Å². The molecule has 0 spiro atoms. The Kier molecular flexibility index (Phi) is 4.12. The van der Waals surface area contributed by atoms with E-state index >= 15 is 0 Å². The topological polar surface area (TPSA) is 55.1 Å². The monoisotopic (exact) mass is 338 g/mol. The van der Waals surface area contributed by atoms with Crippen LogP contribution in [0.15, 0.2) is 40.9 Å². The summed E-state index contributed by atoms with van der Waals surface area (Å²) in [5, 5.41) is 3.28. The van der Waals surface area contributed by atoms with Crippen molar-refractivity contribution in [2.24, 2.45) is 0 Å². The van der Waals surface area contributed by atoms with Crippen LogP contribution < -0.4 is 11.1 Å². The van der Waals surface area contributed by atoms with Crippen LogP contribution >= 0.6 is 27.5 Å². The molecule has 0 unspecified atom stereocenters. The molecular formula is C14H12BrClN2O. The lowest BCUT2D eigenvalue weighted by molar-refractivity contribution is 0.102. The Bertz CT molecular complexity index is 623. The molecule has 98 valence electrons. The minimum atomic E-state index is -0.250. The van der Waals surface area contributed by atoms with Gasteiger partial charge in [-0.1, -0.05) is 33.6 Å². The van der Waals surface area contributed by atoms with Crippen molar-refractivity contribution in [1.29, 1.82) is 0 Å². The van der Waals surface area contributed by atoms with Crippen molar-refractivity contribution in [3.05, 3.63) is 57.0 Å². The van der Waals surface area contributed by atoms with E-state index in [0.717, 1.165) is 10.0 Å². The quantitative estimate of drug-likeness (QED) is 0.804. The van der Waals surface area contributed by atoms with Gasteiger partial charge in [-0.25, -0.2) is 0 Å². The lowest BCUT2D eigenvalue weighted by Gasteiger charge is -2.09. The van der Waals surface area contributed by atoms with E-state index in [-0.39, 0.29) is 5.91 Å². The van der Waals surface area contributed by atoms with Gasteiger partial charge in [-0.15, -0.1) is 0 Å². The third-order valence-electron chi connectivity index (χ3n) is 2.55. The number of carbonyl (C=O) groups excluding carboxylic acids is 1. The molecule has 3 N–H and O–H groups in total. The Labute approximate surface area is 124 Å². The molecule has 2 aromatic rings. The number of nitrogens with two attached hydrogens (primary N) is 1. The third kappa shape index (κ3) is 3.49. The van der Waals surface area contributed by atoms with Crippen LogP contribution in [-0.2, 0) is 0 Å². The van der Waals surface area contributed by atoms with E-state index in [2.05, 4.69) is 21.2 Å². The van der Waals surface area contributed by atoms with Gasteiger partial charge in [0, 0.05) is 15.7 Å². The first-order valence-electron chi connectivity index (χ1n) is 5.59. The van der Waals surface area contributed by atoms with Crippen LogP contribution in [0.1, 0.15) is 15.9 Å². The predicted octanol–water partition coefficient (Wildman–Crippen LogP) is 4.25. The summed E-state index contributed by atoms with van der Waals surface area (Å²) in [5.41, 5.74) is 8.32. The Morgan fingerprint density at radius 2 is 2.00 bits per heavy atom. The molecule has 0 bridgehead atoms. The number of nitrogens with one attached hydrogen (secondary N) is 1. The summed E-state index contributed by atoms with van der Waals surface area (Å²) in [6, 6.07) is 10.5. The van der Waals surface area contributed by atoms with Crippen LogP contribution in [0.25, 0.3) is 0 Å². The zero-order chi connectivity index (χ0) is 14.0. The lowest BCUT2D eigenvalue weighted by atomic mass is 10.1. The highest BCUT2D eigenvalue weighted by atomic mass is 79.9. The van der Waals surface area contributed by atoms with Gasteiger partial charge in [-0.3, -0.25) is 4.79 Å². The van der Waals surface area contributed by atoms with Gasteiger partial charge in [-0.2, -0.15) is 0 Å². The molecule has 0 aromatic heterocycles. The second kappa shape index (κ2) is 5.63. The summed E-state index contributed by atoms with van der Waals surface area (Å²) in [6.45, 7) is 1.93. The summed E-state index contributed by atoms with van der Waals surface area (Å²) in [4.78, 5) is 12.1. The minimum absolute atomic E-state index is 0.250. The van der Waals surface area contributed by atoms with Crippen molar-refractivity contribution in [3.63, 3.8) is 0 Å². The molecule has 0 fully saturated rings. The average molecular weight is 340 g/mol. The maximum Gasteiger partial charge on any atom is 0.255 e. The van der Waals surface area contributed by atoms with Crippen LogP contribution in [0.4, 0.5) is 11.4 Å². The van der Waals surface area contributed by atoms with E-state index in [1.807, 2.05) is 19.1 Å². The molecule has 0 atom stereocenters. The van der Waals surface area contributed by atoms with E-state index in [0.29, 0.717) is 22.0 Å². The number of halogens is 2. The van der Waals surface area contributed by atoms with Gasteiger partial charge in [0.15, 0.2) is 0 Å². The highest BCUT2D eigenvalue weighted by molar-refractivity contribution is 9.10.